The fourth-order valence-corrected chi connectivity index (χ4v) is 2.87. The van der Waals surface area contributed by atoms with Gasteiger partial charge in [-0.25, -0.2) is 0 Å². The highest BCUT2D eigenvalue weighted by Crippen LogP contribution is 2.34. The van der Waals surface area contributed by atoms with E-state index in [0.29, 0.717) is 17.9 Å². The van der Waals surface area contributed by atoms with Crippen molar-refractivity contribution in [2.45, 2.75) is 26.1 Å². The van der Waals surface area contributed by atoms with Crippen molar-refractivity contribution in [1.82, 2.24) is 4.90 Å². The van der Waals surface area contributed by atoms with E-state index in [4.69, 9.17) is 4.74 Å². The SMILES string of the molecule is CCN(CC(=O)Nc1ccccc1C(F)(F)F)CC(O)COc1ccc(C(C)=O)cc1. The maximum atomic E-state index is 13.1. The fourth-order valence-electron chi connectivity index (χ4n) is 2.87. The standard InChI is InChI=1S/C22H25F3N2O4/c1-3-27(12-17(29)14-31-18-10-8-16(9-11-18)15(2)28)13-21(30)26-20-7-5-4-6-19(20)22(23,24)25/h4-11,17,29H,3,12-14H2,1-2H3,(H,26,30). The summed E-state index contributed by atoms with van der Waals surface area (Å²) in [5, 5.41) is 12.5. The van der Waals surface area contributed by atoms with Gasteiger partial charge in [-0.15, -0.1) is 0 Å². The molecule has 0 aliphatic rings. The van der Waals surface area contributed by atoms with Crippen LogP contribution in [0.4, 0.5) is 18.9 Å². The highest BCUT2D eigenvalue weighted by atomic mass is 19.4. The first kappa shape index (κ1) is 24.4. The lowest BCUT2D eigenvalue weighted by molar-refractivity contribution is -0.137. The first-order valence-electron chi connectivity index (χ1n) is 9.70. The molecule has 2 N–H and O–H groups in total. The molecule has 0 spiro atoms. The summed E-state index contributed by atoms with van der Waals surface area (Å²) in [6, 6.07) is 11.2. The quantitative estimate of drug-likeness (QED) is 0.554. The van der Waals surface area contributed by atoms with Crippen LogP contribution in [0.15, 0.2) is 48.5 Å². The summed E-state index contributed by atoms with van der Waals surface area (Å²) in [6.07, 6.45) is -5.51. The zero-order valence-electron chi connectivity index (χ0n) is 17.3. The number of hydrogen-bond donors (Lipinski definition) is 2. The molecule has 6 nitrogen and oxygen atoms in total. The summed E-state index contributed by atoms with van der Waals surface area (Å²) >= 11 is 0. The van der Waals surface area contributed by atoms with E-state index in [1.807, 2.05) is 0 Å². The van der Waals surface area contributed by atoms with Crippen molar-refractivity contribution in [1.29, 1.82) is 0 Å². The molecule has 0 saturated carbocycles. The molecule has 0 radical (unpaired) electrons. The topological polar surface area (TPSA) is 78.9 Å². The van der Waals surface area contributed by atoms with Crippen LogP contribution in [0.1, 0.15) is 29.8 Å². The number of amides is 1. The highest BCUT2D eigenvalue weighted by molar-refractivity contribution is 5.94. The van der Waals surface area contributed by atoms with Crippen molar-refractivity contribution in [3.63, 3.8) is 0 Å². The molecule has 9 heteroatoms. The lowest BCUT2D eigenvalue weighted by Crippen LogP contribution is -2.40. The minimum absolute atomic E-state index is 0.0472. The second-order valence-corrected chi connectivity index (χ2v) is 6.96. The molecule has 1 atom stereocenters. The molecule has 0 heterocycles. The smallest absolute Gasteiger partial charge is 0.418 e. The van der Waals surface area contributed by atoms with E-state index in [9.17, 15) is 27.9 Å². The second kappa shape index (κ2) is 10.9. The van der Waals surface area contributed by atoms with Gasteiger partial charge in [0, 0.05) is 12.1 Å². The van der Waals surface area contributed by atoms with Crippen molar-refractivity contribution in [2.24, 2.45) is 0 Å². The summed E-state index contributed by atoms with van der Waals surface area (Å²) in [6.45, 7) is 3.48. The average Bonchev–Trinajstić information content (AvgIpc) is 2.71. The third-order valence-electron chi connectivity index (χ3n) is 4.49. The second-order valence-electron chi connectivity index (χ2n) is 6.96. The number of nitrogens with zero attached hydrogens (tertiary/aromatic N) is 1. The number of carbonyl (C=O) groups is 2. The number of benzene rings is 2. The zero-order valence-corrected chi connectivity index (χ0v) is 17.3. The van der Waals surface area contributed by atoms with Crippen molar-refractivity contribution < 1.29 is 32.6 Å². The maximum Gasteiger partial charge on any atom is 0.418 e. The fraction of sp³-hybridized carbons (Fsp3) is 0.364. The Balaban J connectivity index is 1.87. The Morgan fingerprint density at radius 2 is 1.77 bits per heavy atom. The number of ether oxygens (including phenoxy) is 1. The minimum Gasteiger partial charge on any atom is -0.491 e. The molecule has 31 heavy (non-hydrogen) atoms. The van der Waals surface area contributed by atoms with E-state index in [-0.39, 0.29) is 31.2 Å². The van der Waals surface area contributed by atoms with Gasteiger partial charge in [-0.3, -0.25) is 14.5 Å². The predicted octanol–water partition coefficient (Wildman–Crippen LogP) is 3.61. The van der Waals surface area contributed by atoms with Crippen molar-refractivity contribution in [3.8, 4) is 5.75 Å². The normalized spacial score (nSPS) is 12.5. The van der Waals surface area contributed by atoms with Gasteiger partial charge in [0.15, 0.2) is 5.78 Å². The summed E-state index contributed by atoms with van der Waals surface area (Å²) in [5.74, 6) is -0.207. The molecule has 1 amide bonds. The van der Waals surface area contributed by atoms with Crippen LogP contribution in [0.3, 0.4) is 0 Å². The minimum atomic E-state index is -4.58. The molecular formula is C22H25F3N2O4. The Morgan fingerprint density at radius 3 is 2.35 bits per heavy atom. The number of alkyl halides is 3. The predicted molar refractivity (Wildman–Crippen MR) is 110 cm³/mol. The summed E-state index contributed by atoms with van der Waals surface area (Å²) in [7, 11) is 0. The molecule has 168 valence electrons. The number of rotatable bonds is 10. The van der Waals surface area contributed by atoms with Crippen LogP contribution in [0.25, 0.3) is 0 Å². The van der Waals surface area contributed by atoms with Gasteiger partial charge in [0.05, 0.1) is 17.8 Å². The van der Waals surface area contributed by atoms with Gasteiger partial charge in [-0.05, 0) is 49.9 Å². The van der Waals surface area contributed by atoms with Crippen LogP contribution in [0.2, 0.25) is 0 Å². The van der Waals surface area contributed by atoms with E-state index in [0.717, 1.165) is 6.07 Å². The molecule has 0 fully saturated rings. The molecule has 0 aromatic heterocycles. The largest absolute Gasteiger partial charge is 0.491 e. The van der Waals surface area contributed by atoms with E-state index >= 15 is 0 Å². The third-order valence-corrected chi connectivity index (χ3v) is 4.49. The van der Waals surface area contributed by atoms with Gasteiger partial charge in [-0.2, -0.15) is 13.2 Å². The first-order valence-corrected chi connectivity index (χ1v) is 9.70. The van der Waals surface area contributed by atoms with Gasteiger partial charge in [0.25, 0.3) is 0 Å². The van der Waals surface area contributed by atoms with E-state index in [1.165, 1.54) is 25.1 Å². The van der Waals surface area contributed by atoms with E-state index in [1.54, 1.807) is 36.1 Å². The average molecular weight is 438 g/mol. The Kier molecular flexibility index (Phi) is 8.58. The Bertz CT molecular complexity index is 885. The number of ketones is 1. The zero-order chi connectivity index (χ0) is 23.0. The third kappa shape index (κ3) is 7.69. The molecule has 2 rings (SSSR count). The van der Waals surface area contributed by atoms with Crippen molar-refractivity contribution in [3.05, 3.63) is 59.7 Å². The van der Waals surface area contributed by atoms with Crippen LogP contribution in [-0.2, 0) is 11.0 Å². The first-order chi connectivity index (χ1) is 14.6. The molecule has 2 aromatic carbocycles. The number of likely N-dealkylation sites (N-methyl/N-ethyl adjacent to an activating group) is 1. The van der Waals surface area contributed by atoms with Gasteiger partial charge >= 0.3 is 6.18 Å². The molecule has 0 bridgehead atoms. The van der Waals surface area contributed by atoms with Crippen LogP contribution in [0.5, 0.6) is 5.75 Å². The van der Waals surface area contributed by atoms with Crippen LogP contribution >= 0.6 is 0 Å². The summed E-state index contributed by atoms with van der Waals surface area (Å²) < 4.78 is 44.7. The highest BCUT2D eigenvalue weighted by Gasteiger charge is 2.33. The number of aliphatic hydroxyl groups is 1. The molecular weight excluding hydrogens is 413 g/mol. The number of Topliss-reactive ketones (excluding diaryl/α,β-unsaturated/α-hetero) is 1. The van der Waals surface area contributed by atoms with Gasteiger partial charge < -0.3 is 15.2 Å². The van der Waals surface area contributed by atoms with Crippen molar-refractivity contribution in [2.75, 3.05) is 31.6 Å². The monoisotopic (exact) mass is 438 g/mol. The maximum absolute atomic E-state index is 13.1. The molecule has 0 aliphatic heterocycles. The summed E-state index contributed by atoms with van der Waals surface area (Å²) in [4.78, 5) is 25.1. The number of para-hydroxylation sites is 1. The lowest BCUT2D eigenvalue weighted by Gasteiger charge is -2.23. The number of hydrogen-bond acceptors (Lipinski definition) is 5. The number of anilines is 1. The number of aliphatic hydroxyl groups excluding tert-OH is 1. The van der Waals surface area contributed by atoms with Crippen molar-refractivity contribution >= 4 is 17.4 Å². The van der Waals surface area contributed by atoms with Crippen LogP contribution in [0, 0.1) is 0 Å². The van der Waals surface area contributed by atoms with E-state index < -0.39 is 23.8 Å². The van der Waals surface area contributed by atoms with Gasteiger partial charge in [-0.1, -0.05) is 19.1 Å². The van der Waals surface area contributed by atoms with Crippen LogP contribution in [-0.4, -0.2) is 54.0 Å². The Labute approximate surface area is 178 Å². The number of halogens is 3. The molecule has 0 aliphatic carbocycles. The lowest BCUT2D eigenvalue weighted by atomic mass is 10.1. The summed E-state index contributed by atoms with van der Waals surface area (Å²) in [5.41, 5.74) is -0.687. The number of carbonyl (C=O) groups excluding carboxylic acids is 2. The number of nitrogens with one attached hydrogen (secondary N) is 1. The Morgan fingerprint density at radius 1 is 1.13 bits per heavy atom. The Hall–Kier alpha value is -2.91. The molecule has 0 saturated heterocycles. The van der Waals surface area contributed by atoms with E-state index in [2.05, 4.69) is 5.32 Å². The van der Waals surface area contributed by atoms with Crippen LogP contribution < -0.4 is 10.1 Å². The molecule has 2 aromatic rings. The van der Waals surface area contributed by atoms with Gasteiger partial charge in [0.1, 0.15) is 18.5 Å². The van der Waals surface area contributed by atoms with Gasteiger partial charge in [0.2, 0.25) is 5.91 Å². The molecule has 1 unspecified atom stereocenters.